The first kappa shape index (κ1) is 13.3. The molecule has 0 aromatic heterocycles. The second kappa shape index (κ2) is 6.74. The van der Waals surface area contributed by atoms with Crippen LogP contribution in [0.5, 0.6) is 5.75 Å². The van der Waals surface area contributed by atoms with Crippen LogP contribution >= 0.6 is 0 Å². The highest BCUT2D eigenvalue weighted by Crippen LogP contribution is 2.23. The van der Waals surface area contributed by atoms with Crippen molar-refractivity contribution in [2.45, 2.75) is 13.3 Å². The van der Waals surface area contributed by atoms with Crippen molar-refractivity contribution < 1.29 is 9.13 Å². The molecule has 0 aliphatic carbocycles. The Morgan fingerprint density at radius 3 is 2.05 bits per heavy atom. The summed E-state index contributed by atoms with van der Waals surface area (Å²) in [5.74, 6) is 0.891. The molecule has 0 saturated carbocycles. The molecule has 0 saturated heterocycles. The molecule has 0 N–H and O–H groups in total. The van der Waals surface area contributed by atoms with Crippen LogP contribution in [0.1, 0.15) is 18.9 Å². The summed E-state index contributed by atoms with van der Waals surface area (Å²) in [6.45, 7) is 2.82. The van der Waals surface area contributed by atoms with Crippen LogP contribution in [-0.2, 0) is 0 Å². The van der Waals surface area contributed by atoms with Gasteiger partial charge in [-0.15, -0.1) is 0 Å². The Balaban J connectivity index is 2.12. The molecule has 0 unspecified atom stereocenters. The van der Waals surface area contributed by atoms with E-state index in [1.54, 1.807) is 0 Å². The highest BCUT2D eigenvalue weighted by molar-refractivity contribution is 5.66. The van der Waals surface area contributed by atoms with E-state index in [2.05, 4.69) is 6.92 Å². The van der Waals surface area contributed by atoms with Crippen LogP contribution in [0.4, 0.5) is 4.39 Å². The van der Waals surface area contributed by atoms with E-state index in [0.717, 1.165) is 35.5 Å². The number of hydrogen-bond donors (Lipinski definition) is 0. The van der Waals surface area contributed by atoms with Crippen molar-refractivity contribution in [1.29, 1.82) is 0 Å². The molecule has 0 aliphatic heterocycles. The summed E-state index contributed by atoms with van der Waals surface area (Å²) in [7, 11) is 0. The molecule has 2 rings (SSSR count). The van der Waals surface area contributed by atoms with Crippen LogP contribution in [-0.4, -0.2) is 6.61 Å². The smallest absolute Gasteiger partial charge is 0.119 e. The van der Waals surface area contributed by atoms with Crippen LogP contribution in [0.15, 0.2) is 54.9 Å². The summed E-state index contributed by atoms with van der Waals surface area (Å²) >= 11 is 0. The first-order valence-electron chi connectivity index (χ1n) is 6.43. The normalized spacial score (nSPS) is 10.8. The molecular formula is C17H17FO. The fourth-order valence-electron chi connectivity index (χ4n) is 1.82. The zero-order chi connectivity index (χ0) is 13.5. The van der Waals surface area contributed by atoms with Gasteiger partial charge in [0.1, 0.15) is 5.75 Å². The van der Waals surface area contributed by atoms with Gasteiger partial charge in [-0.2, -0.15) is 0 Å². The average Bonchev–Trinajstić information content (AvgIpc) is 2.47. The third-order valence-electron chi connectivity index (χ3n) is 2.83. The molecule has 0 aliphatic rings. The largest absolute Gasteiger partial charge is 0.494 e. The molecule has 98 valence electrons. The minimum Gasteiger partial charge on any atom is -0.494 e. The Morgan fingerprint density at radius 2 is 1.53 bits per heavy atom. The van der Waals surface area contributed by atoms with Gasteiger partial charge in [-0.3, -0.25) is 0 Å². The quantitative estimate of drug-likeness (QED) is 0.724. The lowest BCUT2D eigenvalue weighted by Crippen LogP contribution is -1.94. The summed E-state index contributed by atoms with van der Waals surface area (Å²) in [6.07, 6.45) is 2.99. The minimum absolute atomic E-state index is 0.550. The number of hydrogen-bond acceptors (Lipinski definition) is 1. The van der Waals surface area contributed by atoms with Crippen molar-refractivity contribution >= 4 is 6.08 Å². The zero-order valence-corrected chi connectivity index (χ0v) is 11.0. The maximum atomic E-state index is 12.1. The monoisotopic (exact) mass is 256 g/mol. The van der Waals surface area contributed by atoms with Gasteiger partial charge in [0, 0.05) is 0 Å². The Kier molecular flexibility index (Phi) is 4.73. The van der Waals surface area contributed by atoms with Gasteiger partial charge in [0.25, 0.3) is 0 Å². The first-order chi connectivity index (χ1) is 9.33. The lowest BCUT2D eigenvalue weighted by atomic mass is 10.0. The molecule has 0 atom stereocenters. The van der Waals surface area contributed by atoms with E-state index in [4.69, 9.17) is 4.74 Å². The van der Waals surface area contributed by atoms with Crippen molar-refractivity contribution in [1.82, 2.24) is 0 Å². The second-order valence-corrected chi connectivity index (χ2v) is 4.29. The van der Waals surface area contributed by atoms with E-state index >= 15 is 0 Å². The molecule has 0 bridgehead atoms. The maximum absolute atomic E-state index is 12.1. The van der Waals surface area contributed by atoms with Gasteiger partial charge in [0.05, 0.1) is 12.9 Å². The summed E-state index contributed by atoms with van der Waals surface area (Å²) in [4.78, 5) is 0. The van der Waals surface area contributed by atoms with Gasteiger partial charge in [-0.1, -0.05) is 43.3 Å². The number of ether oxygens (including phenoxy) is 1. The predicted molar refractivity (Wildman–Crippen MR) is 77.8 cm³/mol. The molecule has 2 aromatic carbocycles. The lowest BCUT2D eigenvalue weighted by molar-refractivity contribution is 0.317. The third-order valence-corrected chi connectivity index (χ3v) is 2.83. The third kappa shape index (κ3) is 3.68. The van der Waals surface area contributed by atoms with Crippen LogP contribution < -0.4 is 4.74 Å². The van der Waals surface area contributed by atoms with E-state index in [9.17, 15) is 4.39 Å². The van der Waals surface area contributed by atoms with E-state index < -0.39 is 0 Å². The molecule has 0 heterocycles. The molecule has 0 spiro atoms. The maximum Gasteiger partial charge on any atom is 0.119 e. The highest BCUT2D eigenvalue weighted by atomic mass is 19.1. The molecule has 2 heteroatoms. The Morgan fingerprint density at radius 1 is 0.947 bits per heavy atom. The topological polar surface area (TPSA) is 9.23 Å². The zero-order valence-electron chi connectivity index (χ0n) is 11.0. The van der Waals surface area contributed by atoms with Gasteiger partial charge >= 0.3 is 0 Å². The molecular weight excluding hydrogens is 239 g/mol. The molecule has 1 nitrogen and oxygen atoms in total. The molecule has 0 amide bonds. The van der Waals surface area contributed by atoms with Crippen molar-refractivity contribution in [3.05, 3.63) is 60.4 Å². The lowest BCUT2D eigenvalue weighted by Gasteiger charge is -2.06. The van der Waals surface area contributed by atoms with Crippen molar-refractivity contribution in [2.75, 3.05) is 6.61 Å². The predicted octanol–water partition coefficient (Wildman–Crippen LogP) is 5.08. The van der Waals surface area contributed by atoms with E-state index in [0.29, 0.717) is 6.33 Å². The van der Waals surface area contributed by atoms with Gasteiger partial charge in [-0.05, 0) is 41.3 Å². The SMILES string of the molecule is CCCOc1ccc(-c2ccc(C=CF)cc2)cc1. The van der Waals surface area contributed by atoms with Crippen molar-refractivity contribution in [3.63, 3.8) is 0 Å². The Labute approximate surface area is 113 Å². The highest BCUT2D eigenvalue weighted by Gasteiger charge is 1.98. The van der Waals surface area contributed by atoms with Gasteiger partial charge < -0.3 is 4.74 Å². The van der Waals surface area contributed by atoms with E-state index in [1.165, 1.54) is 6.08 Å². The Hall–Kier alpha value is -2.09. The van der Waals surface area contributed by atoms with Crippen LogP contribution in [0, 0.1) is 0 Å². The summed E-state index contributed by atoms with van der Waals surface area (Å²) in [5.41, 5.74) is 3.09. The van der Waals surface area contributed by atoms with E-state index in [-0.39, 0.29) is 0 Å². The minimum atomic E-state index is 0.550. The first-order valence-corrected chi connectivity index (χ1v) is 6.43. The Bertz CT molecular complexity index is 526. The standard InChI is InChI=1S/C17H17FO/c1-2-13-19-17-9-7-16(8-10-17)15-5-3-14(4-6-15)11-12-18/h3-12H,2,13H2,1H3. The van der Waals surface area contributed by atoms with Crippen molar-refractivity contribution in [3.8, 4) is 16.9 Å². The van der Waals surface area contributed by atoms with Gasteiger partial charge in [0.2, 0.25) is 0 Å². The molecule has 0 fully saturated rings. The second-order valence-electron chi connectivity index (χ2n) is 4.29. The molecule has 2 aromatic rings. The average molecular weight is 256 g/mol. The van der Waals surface area contributed by atoms with Crippen molar-refractivity contribution in [2.24, 2.45) is 0 Å². The molecule has 0 radical (unpaired) electrons. The summed E-state index contributed by atoms with van der Waals surface area (Å²) in [5, 5.41) is 0. The van der Waals surface area contributed by atoms with Crippen LogP contribution in [0.25, 0.3) is 17.2 Å². The number of rotatable bonds is 5. The fourth-order valence-corrected chi connectivity index (χ4v) is 1.82. The number of halogens is 1. The van der Waals surface area contributed by atoms with E-state index in [1.807, 2.05) is 48.5 Å². The van der Waals surface area contributed by atoms with Crippen LogP contribution in [0.3, 0.4) is 0 Å². The van der Waals surface area contributed by atoms with Gasteiger partial charge in [0.15, 0.2) is 0 Å². The fraction of sp³-hybridized carbons (Fsp3) is 0.176. The van der Waals surface area contributed by atoms with Crippen LogP contribution in [0.2, 0.25) is 0 Å². The number of benzene rings is 2. The summed E-state index contributed by atoms with van der Waals surface area (Å²) in [6, 6.07) is 15.8. The molecule has 19 heavy (non-hydrogen) atoms. The summed E-state index contributed by atoms with van der Waals surface area (Å²) < 4.78 is 17.6. The van der Waals surface area contributed by atoms with Gasteiger partial charge in [-0.25, -0.2) is 4.39 Å².